The van der Waals surface area contributed by atoms with Crippen molar-refractivity contribution in [2.75, 3.05) is 0 Å². The molecule has 0 atom stereocenters. The van der Waals surface area contributed by atoms with Crippen LogP contribution in [0.2, 0.25) is 0 Å². The van der Waals surface area contributed by atoms with Gasteiger partial charge >= 0.3 is 11.9 Å². The fourth-order valence-corrected chi connectivity index (χ4v) is 4.50. The van der Waals surface area contributed by atoms with Crippen LogP contribution >= 0.6 is 0 Å². The van der Waals surface area contributed by atoms with E-state index in [0.717, 1.165) is 17.1 Å². The normalized spacial score (nSPS) is 11.0. The van der Waals surface area contributed by atoms with Crippen molar-refractivity contribution >= 4 is 23.8 Å². The summed E-state index contributed by atoms with van der Waals surface area (Å²) in [6.07, 6.45) is 1.22. The zero-order valence-corrected chi connectivity index (χ0v) is 24.3. The van der Waals surface area contributed by atoms with Crippen molar-refractivity contribution in [2.45, 2.75) is 27.1 Å². The Balaban J connectivity index is 1.18. The first-order chi connectivity index (χ1) is 21.7. The highest BCUT2D eigenvalue weighted by Crippen LogP contribution is 2.24. The first-order valence-corrected chi connectivity index (χ1v) is 13.7. The fraction of sp³-hybridized carbons (Fsp3) is 0.121. The van der Waals surface area contributed by atoms with Gasteiger partial charge in [0.25, 0.3) is 5.69 Å². The van der Waals surface area contributed by atoms with Crippen LogP contribution in [0.4, 0.5) is 5.69 Å². The van der Waals surface area contributed by atoms with Gasteiger partial charge < -0.3 is 23.6 Å². The number of carboxylic acid groups (broad SMARTS) is 1. The van der Waals surface area contributed by atoms with Crippen molar-refractivity contribution in [3.63, 3.8) is 0 Å². The van der Waals surface area contributed by atoms with Gasteiger partial charge in [-0.3, -0.25) is 14.9 Å². The van der Waals surface area contributed by atoms with Gasteiger partial charge in [-0.15, -0.1) is 0 Å². The molecule has 0 radical (unpaired) electrons. The number of nitrogens with one attached hydrogen (secondary N) is 1. The van der Waals surface area contributed by atoms with Gasteiger partial charge in [0.05, 0.1) is 16.7 Å². The molecule has 45 heavy (non-hydrogen) atoms. The van der Waals surface area contributed by atoms with Crippen LogP contribution in [0.25, 0.3) is 5.69 Å². The quantitative estimate of drug-likeness (QED) is 0.0960. The Kier molecular flexibility index (Phi) is 9.04. The topological polar surface area (TPSA) is 158 Å². The van der Waals surface area contributed by atoms with Crippen molar-refractivity contribution in [1.29, 1.82) is 0 Å². The second kappa shape index (κ2) is 13.4. The van der Waals surface area contributed by atoms with Gasteiger partial charge in [-0.2, -0.15) is 5.10 Å². The van der Waals surface area contributed by atoms with E-state index in [1.807, 2.05) is 38.1 Å². The van der Waals surface area contributed by atoms with Crippen molar-refractivity contribution in [3.05, 3.63) is 141 Å². The summed E-state index contributed by atoms with van der Waals surface area (Å²) >= 11 is 0. The highest BCUT2D eigenvalue weighted by Gasteiger charge is 2.14. The lowest BCUT2D eigenvalue weighted by Gasteiger charge is -2.10. The van der Waals surface area contributed by atoms with Crippen molar-refractivity contribution in [2.24, 2.45) is 5.10 Å². The highest BCUT2D eigenvalue weighted by molar-refractivity contribution is 5.93. The third-order valence-corrected chi connectivity index (χ3v) is 6.80. The van der Waals surface area contributed by atoms with Gasteiger partial charge in [0, 0.05) is 34.8 Å². The van der Waals surface area contributed by atoms with E-state index in [1.165, 1.54) is 42.6 Å². The Morgan fingerprint density at radius 3 is 2.31 bits per heavy atom. The number of rotatable bonds is 12. The molecule has 12 heteroatoms. The molecule has 0 fully saturated rings. The summed E-state index contributed by atoms with van der Waals surface area (Å²) in [6, 6.07) is 24.9. The maximum Gasteiger partial charge on any atom is 0.335 e. The van der Waals surface area contributed by atoms with E-state index < -0.39 is 16.8 Å². The number of amides is 1. The standard InChI is InChI=1S/C33H28N4O8/c1-21-3-4-22(2)36(21)26-9-12-28(13-10-26)43-20-29-14-16-31(45-29)32(38)35-34-18-25-17-27(37(41)42)11-15-30(25)44-19-23-5-7-24(8-6-23)33(39)40/h3-18H,19-20H2,1-2H3,(H,35,38)(H,39,40)/b34-18+. The number of hydrogen-bond acceptors (Lipinski definition) is 8. The minimum atomic E-state index is -1.04. The first-order valence-electron chi connectivity index (χ1n) is 13.7. The minimum absolute atomic E-state index is 0.0000189. The molecule has 0 unspecified atom stereocenters. The van der Waals surface area contributed by atoms with Gasteiger partial charge in [-0.05, 0) is 86.1 Å². The SMILES string of the molecule is Cc1ccc(C)n1-c1ccc(OCc2ccc(C(=O)N/N=C/c3cc([N+](=O)[O-])ccc3OCc3ccc(C(=O)O)cc3)o2)cc1. The number of aromatic nitrogens is 1. The van der Waals surface area contributed by atoms with E-state index in [2.05, 4.69) is 27.2 Å². The van der Waals surface area contributed by atoms with Crippen molar-refractivity contribution in [3.8, 4) is 17.2 Å². The summed E-state index contributed by atoms with van der Waals surface area (Å²) in [4.78, 5) is 34.4. The molecule has 0 saturated heterocycles. The van der Waals surface area contributed by atoms with E-state index in [4.69, 9.17) is 19.0 Å². The molecule has 1 amide bonds. The van der Waals surface area contributed by atoms with E-state index >= 15 is 0 Å². The Morgan fingerprint density at radius 2 is 1.64 bits per heavy atom. The number of hydrogen-bond donors (Lipinski definition) is 2. The van der Waals surface area contributed by atoms with E-state index in [1.54, 1.807) is 18.2 Å². The number of furan rings is 1. The Hall–Kier alpha value is -6.17. The zero-order valence-electron chi connectivity index (χ0n) is 24.3. The number of non-ortho nitro benzene ring substituents is 1. The largest absolute Gasteiger partial charge is 0.488 e. The van der Waals surface area contributed by atoms with Crippen LogP contribution < -0.4 is 14.9 Å². The van der Waals surface area contributed by atoms with Gasteiger partial charge in [-0.25, -0.2) is 10.2 Å². The molecule has 3 aromatic carbocycles. The second-order valence-corrected chi connectivity index (χ2v) is 9.97. The lowest BCUT2D eigenvalue weighted by Crippen LogP contribution is -2.17. The Morgan fingerprint density at radius 1 is 0.933 bits per heavy atom. The average Bonchev–Trinajstić information content (AvgIpc) is 3.65. The molecule has 0 aliphatic carbocycles. The number of carbonyl (C=O) groups is 2. The molecule has 0 aliphatic heterocycles. The number of ether oxygens (including phenoxy) is 2. The van der Waals surface area contributed by atoms with E-state index in [-0.39, 0.29) is 41.5 Å². The molecular weight excluding hydrogens is 580 g/mol. The fourth-order valence-electron chi connectivity index (χ4n) is 4.50. The third-order valence-electron chi connectivity index (χ3n) is 6.80. The third kappa shape index (κ3) is 7.43. The Labute approximate surface area is 257 Å². The summed E-state index contributed by atoms with van der Waals surface area (Å²) in [6.45, 7) is 4.26. The number of nitro benzene ring substituents is 1. The molecule has 2 heterocycles. The monoisotopic (exact) mass is 608 g/mol. The zero-order chi connectivity index (χ0) is 31.9. The van der Waals surface area contributed by atoms with Gasteiger partial charge in [-0.1, -0.05) is 12.1 Å². The molecule has 0 aliphatic rings. The van der Waals surface area contributed by atoms with Gasteiger partial charge in [0.15, 0.2) is 5.76 Å². The van der Waals surface area contributed by atoms with Crippen molar-refractivity contribution in [1.82, 2.24) is 9.99 Å². The molecule has 2 N–H and O–H groups in total. The number of carbonyl (C=O) groups excluding carboxylic acids is 1. The lowest BCUT2D eigenvalue weighted by atomic mass is 10.1. The molecule has 228 valence electrons. The predicted molar refractivity (Wildman–Crippen MR) is 164 cm³/mol. The molecule has 0 bridgehead atoms. The number of hydrazone groups is 1. The van der Waals surface area contributed by atoms with Crippen molar-refractivity contribution < 1.29 is 33.5 Å². The van der Waals surface area contributed by atoms with E-state index in [9.17, 15) is 19.7 Å². The summed E-state index contributed by atoms with van der Waals surface area (Å²) in [7, 11) is 0. The molecule has 5 aromatic rings. The summed E-state index contributed by atoms with van der Waals surface area (Å²) in [5, 5.41) is 24.3. The second-order valence-electron chi connectivity index (χ2n) is 9.97. The lowest BCUT2D eigenvalue weighted by molar-refractivity contribution is -0.384. The summed E-state index contributed by atoms with van der Waals surface area (Å²) in [5.74, 6) is -0.343. The van der Waals surface area contributed by atoms with E-state index in [0.29, 0.717) is 17.1 Å². The van der Waals surface area contributed by atoms with Crippen LogP contribution in [0.15, 0.2) is 101 Å². The van der Waals surface area contributed by atoms with Crippen LogP contribution in [-0.4, -0.2) is 32.7 Å². The van der Waals surface area contributed by atoms with Crippen LogP contribution in [-0.2, 0) is 13.2 Å². The van der Waals surface area contributed by atoms with Crippen LogP contribution in [0.3, 0.4) is 0 Å². The number of aryl methyl sites for hydroxylation is 2. The summed E-state index contributed by atoms with van der Waals surface area (Å²) < 4.78 is 19.4. The molecule has 5 rings (SSSR count). The molecule has 12 nitrogen and oxygen atoms in total. The van der Waals surface area contributed by atoms with Crippen LogP contribution in [0, 0.1) is 24.0 Å². The van der Waals surface area contributed by atoms with Gasteiger partial charge in [0.2, 0.25) is 0 Å². The average molecular weight is 609 g/mol. The highest BCUT2D eigenvalue weighted by atomic mass is 16.6. The first kappa shape index (κ1) is 30.3. The van der Waals surface area contributed by atoms with Crippen LogP contribution in [0.1, 0.15) is 49.2 Å². The molecule has 0 spiro atoms. The minimum Gasteiger partial charge on any atom is -0.488 e. The maximum atomic E-state index is 12.6. The molecular formula is C33H28N4O8. The number of nitrogens with zero attached hydrogens (tertiary/aromatic N) is 3. The smallest absolute Gasteiger partial charge is 0.335 e. The summed E-state index contributed by atoms with van der Waals surface area (Å²) in [5.41, 5.74) is 6.50. The number of benzene rings is 3. The molecule has 2 aromatic heterocycles. The predicted octanol–water partition coefficient (Wildman–Crippen LogP) is 6.22. The molecule has 0 saturated carbocycles. The van der Waals surface area contributed by atoms with Crippen LogP contribution in [0.5, 0.6) is 11.5 Å². The number of carboxylic acids is 1. The Bertz CT molecular complexity index is 1850. The number of aromatic carboxylic acids is 1. The van der Waals surface area contributed by atoms with Gasteiger partial charge in [0.1, 0.15) is 30.5 Å². The maximum absolute atomic E-state index is 12.6. The number of nitro groups is 1.